The SMILES string of the molecule is C=CCOc1ccc(C=Nc2cccc(Cl)c2C)cc1OC. The summed E-state index contributed by atoms with van der Waals surface area (Å²) in [6, 6.07) is 11.3. The lowest BCUT2D eigenvalue weighted by molar-refractivity contribution is 0.326. The highest BCUT2D eigenvalue weighted by Gasteiger charge is 2.05. The number of aliphatic imine (C=N–C) groups is 1. The molecule has 0 spiro atoms. The molecule has 0 bridgehead atoms. The van der Waals surface area contributed by atoms with E-state index >= 15 is 0 Å². The van der Waals surface area contributed by atoms with Crippen LogP contribution < -0.4 is 9.47 Å². The Morgan fingerprint density at radius 3 is 2.77 bits per heavy atom. The van der Waals surface area contributed by atoms with E-state index in [2.05, 4.69) is 11.6 Å². The molecule has 2 aromatic carbocycles. The zero-order valence-corrected chi connectivity index (χ0v) is 13.4. The standard InChI is InChI=1S/C18H18ClNO2/c1-4-10-22-17-9-8-14(11-18(17)21-3)12-20-16-7-5-6-15(19)13(16)2/h4-9,11-12H,1,10H2,2-3H3. The summed E-state index contributed by atoms with van der Waals surface area (Å²) in [5, 5.41) is 0.709. The second-order valence-electron chi connectivity index (χ2n) is 4.65. The molecule has 0 aromatic heterocycles. The van der Waals surface area contributed by atoms with Crippen LogP contribution in [0.4, 0.5) is 5.69 Å². The van der Waals surface area contributed by atoms with Gasteiger partial charge in [0.1, 0.15) is 6.61 Å². The molecular formula is C18H18ClNO2. The molecule has 0 amide bonds. The van der Waals surface area contributed by atoms with E-state index in [-0.39, 0.29) is 0 Å². The summed E-state index contributed by atoms with van der Waals surface area (Å²) < 4.78 is 10.9. The average molecular weight is 316 g/mol. The average Bonchev–Trinajstić information content (AvgIpc) is 2.54. The van der Waals surface area contributed by atoms with Gasteiger partial charge in [0, 0.05) is 11.2 Å². The van der Waals surface area contributed by atoms with Crippen molar-refractivity contribution in [3.05, 3.63) is 65.2 Å². The van der Waals surface area contributed by atoms with Crippen molar-refractivity contribution in [2.24, 2.45) is 4.99 Å². The lowest BCUT2D eigenvalue weighted by atomic mass is 10.2. The summed E-state index contributed by atoms with van der Waals surface area (Å²) in [6.45, 7) is 6.01. The molecule has 4 heteroatoms. The Bertz CT molecular complexity index is 695. The second kappa shape index (κ2) is 7.66. The molecule has 0 aliphatic rings. The van der Waals surface area contributed by atoms with E-state index in [4.69, 9.17) is 21.1 Å². The van der Waals surface area contributed by atoms with Gasteiger partial charge in [-0.2, -0.15) is 0 Å². The number of ether oxygens (including phenoxy) is 2. The first-order valence-corrected chi connectivity index (χ1v) is 7.24. The summed E-state index contributed by atoms with van der Waals surface area (Å²) in [7, 11) is 1.61. The maximum atomic E-state index is 6.09. The third kappa shape index (κ3) is 3.89. The van der Waals surface area contributed by atoms with Crippen LogP contribution in [0, 0.1) is 6.92 Å². The predicted octanol–water partition coefficient (Wildman–Crippen LogP) is 4.97. The molecule has 0 atom stereocenters. The van der Waals surface area contributed by atoms with Crippen molar-refractivity contribution < 1.29 is 9.47 Å². The summed E-state index contributed by atoms with van der Waals surface area (Å²) >= 11 is 6.09. The van der Waals surface area contributed by atoms with Crippen LogP contribution in [0.2, 0.25) is 5.02 Å². The Kier molecular flexibility index (Phi) is 5.61. The van der Waals surface area contributed by atoms with E-state index in [0.29, 0.717) is 23.1 Å². The fraction of sp³-hybridized carbons (Fsp3) is 0.167. The lowest BCUT2D eigenvalue weighted by Gasteiger charge is -2.09. The Morgan fingerprint density at radius 2 is 2.05 bits per heavy atom. The lowest BCUT2D eigenvalue weighted by Crippen LogP contribution is -1.97. The maximum Gasteiger partial charge on any atom is 0.161 e. The largest absolute Gasteiger partial charge is 0.493 e. The van der Waals surface area contributed by atoms with Crippen molar-refractivity contribution in [3.63, 3.8) is 0 Å². The van der Waals surface area contributed by atoms with Gasteiger partial charge in [0.25, 0.3) is 0 Å². The Morgan fingerprint density at radius 1 is 1.23 bits per heavy atom. The highest BCUT2D eigenvalue weighted by Crippen LogP contribution is 2.29. The molecule has 2 aromatic rings. The van der Waals surface area contributed by atoms with Crippen LogP contribution in [0.1, 0.15) is 11.1 Å². The molecule has 0 radical (unpaired) electrons. The molecule has 0 unspecified atom stereocenters. The minimum absolute atomic E-state index is 0.436. The van der Waals surface area contributed by atoms with Gasteiger partial charge in [-0.15, -0.1) is 0 Å². The first kappa shape index (κ1) is 16.1. The number of halogens is 1. The number of rotatable bonds is 6. The fourth-order valence-corrected chi connectivity index (χ4v) is 2.08. The van der Waals surface area contributed by atoms with E-state index in [9.17, 15) is 0 Å². The number of nitrogens with zero attached hydrogens (tertiary/aromatic N) is 1. The molecule has 22 heavy (non-hydrogen) atoms. The first-order valence-electron chi connectivity index (χ1n) is 6.86. The van der Waals surface area contributed by atoms with Crippen LogP contribution in [0.3, 0.4) is 0 Å². The van der Waals surface area contributed by atoms with Crippen molar-refractivity contribution in [2.75, 3.05) is 13.7 Å². The molecule has 0 saturated carbocycles. The predicted molar refractivity (Wildman–Crippen MR) is 92.1 cm³/mol. The highest BCUT2D eigenvalue weighted by molar-refractivity contribution is 6.31. The minimum atomic E-state index is 0.436. The van der Waals surface area contributed by atoms with Gasteiger partial charge in [-0.3, -0.25) is 4.99 Å². The molecule has 0 fully saturated rings. The van der Waals surface area contributed by atoms with E-state index in [0.717, 1.165) is 16.8 Å². The summed E-state index contributed by atoms with van der Waals surface area (Å²) in [5.74, 6) is 1.34. The van der Waals surface area contributed by atoms with Gasteiger partial charge in [-0.25, -0.2) is 0 Å². The van der Waals surface area contributed by atoms with Crippen molar-refractivity contribution in [3.8, 4) is 11.5 Å². The van der Waals surface area contributed by atoms with Crippen molar-refractivity contribution in [1.29, 1.82) is 0 Å². The zero-order chi connectivity index (χ0) is 15.9. The molecule has 0 heterocycles. The smallest absolute Gasteiger partial charge is 0.161 e. The van der Waals surface area contributed by atoms with Crippen LogP contribution in [0.15, 0.2) is 54.0 Å². The van der Waals surface area contributed by atoms with Gasteiger partial charge in [-0.1, -0.05) is 30.3 Å². The first-order chi connectivity index (χ1) is 10.7. The normalized spacial score (nSPS) is 10.7. The summed E-state index contributed by atoms with van der Waals surface area (Å²) in [6.07, 6.45) is 3.47. The minimum Gasteiger partial charge on any atom is -0.493 e. The molecule has 0 N–H and O–H groups in total. The van der Waals surface area contributed by atoms with Gasteiger partial charge in [0.2, 0.25) is 0 Å². The molecule has 0 aliphatic heterocycles. The second-order valence-corrected chi connectivity index (χ2v) is 5.06. The van der Waals surface area contributed by atoms with E-state index in [1.165, 1.54) is 0 Å². The quantitative estimate of drug-likeness (QED) is 0.556. The number of benzene rings is 2. The van der Waals surface area contributed by atoms with Crippen molar-refractivity contribution in [2.45, 2.75) is 6.92 Å². The van der Waals surface area contributed by atoms with Crippen LogP contribution in [-0.4, -0.2) is 19.9 Å². The third-order valence-electron chi connectivity index (χ3n) is 3.14. The highest BCUT2D eigenvalue weighted by atomic mass is 35.5. The zero-order valence-electron chi connectivity index (χ0n) is 12.7. The topological polar surface area (TPSA) is 30.8 Å². The molecular weight excluding hydrogens is 298 g/mol. The third-order valence-corrected chi connectivity index (χ3v) is 3.55. The number of hydrogen-bond donors (Lipinski definition) is 0. The van der Waals surface area contributed by atoms with E-state index in [1.807, 2.05) is 43.3 Å². The van der Waals surface area contributed by atoms with E-state index < -0.39 is 0 Å². The molecule has 0 aliphatic carbocycles. The number of hydrogen-bond acceptors (Lipinski definition) is 3. The van der Waals surface area contributed by atoms with Crippen LogP contribution in [-0.2, 0) is 0 Å². The Hall–Kier alpha value is -2.26. The van der Waals surface area contributed by atoms with Crippen LogP contribution in [0.5, 0.6) is 11.5 Å². The Labute approximate surface area is 135 Å². The molecule has 114 valence electrons. The Balaban J connectivity index is 2.24. The molecule has 3 nitrogen and oxygen atoms in total. The number of methoxy groups -OCH3 is 1. The summed E-state index contributed by atoms with van der Waals surface area (Å²) in [5.41, 5.74) is 2.72. The van der Waals surface area contributed by atoms with Gasteiger partial charge >= 0.3 is 0 Å². The monoisotopic (exact) mass is 315 g/mol. The van der Waals surface area contributed by atoms with Gasteiger partial charge in [-0.05, 0) is 48.4 Å². The van der Waals surface area contributed by atoms with Crippen molar-refractivity contribution >= 4 is 23.5 Å². The van der Waals surface area contributed by atoms with Crippen LogP contribution >= 0.6 is 11.6 Å². The molecule has 2 rings (SSSR count). The van der Waals surface area contributed by atoms with Gasteiger partial charge in [0.05, 0.1) is 12.8 Å². The fourth-order valence-electron chi connectivity index (χ4n) is 1.91. The maximum absolute atomic E-state index is 6.09. The van der Waals surface area contributed by atoms with Crippen LogP contribution in [0.25, 0.3) is 0 Å². The van der Waals surface area contributed by atoms with Gasteiger partial charge in [0.15, 0.2) is 11.5 Å². The van der Waals surface area contributed by atoms with Gasteiger partial charge < -0.3 is 9.47 Å². The molecule has 0 saturated heterocycles. The van der Waals surface area contributed by atoms with E-state index in [1.54, 1.807) is 19.4 Å². The van der Waals surface area contributed by atoms with Crippen molar-refractivity contribution in [1.82, 2.24) is 0 Å². The summed E-state index contributed by atoms with van der Waals surface area (Å²) in [4.78, 5) is 4.48.